The fourth-order valence-electron chi connectivity index (χ4n) is 1.49. The molecule has 2 aromatic rings. The molecule has 9 heteroatoms. The Kier molecular flexibility index (Phi) is 4.32. The van der Waals surface area contributed by atoms with Gasteiger partial charge in [-0.1, -0.05) is 6.07 Å². The number of sulfonamides is 1. The maximum Gasteiger partial charge on any atom is 0.265 e. The van der Waals surface area contributed by atoms with Crippen LogP contribution >= 0.6 is 0 Å². The third-order valence-electron chi connectivity index (χ3n) is 2.47. The Labute approximate surface area is 120 Å². The molecule has 2 N–H and O–H groups in total. The van der Waals surface area contributed by atoms with Crippen LogP contribution in [0, 0.1) is 11.6 Å². The average Bonchev–Trinajstić information content (AvgIpc) is 2.44. The van der Waals surface area contributed by atoms with Crippen molar-refractivity contribution in [3.8, 4) is 0 Å². The van der Waals surface area contributed by atoms with Crippen molar-refractivity contribution in [3.63, 3.8) is 0 Å². The standard InChI is InChI=1S/C12H12F2N4O2S/c1-2-15-12-16-6-8(7-17-12)21(19,20)18-11-9(13)4-3-5-10(11)14/h3-7,18H,2H2,1H3,(H,15,16,17). The predicted octanol–water partition coefficient (Wildman–Crippen LogP) is 1.99. The van der Waals surface area contributed by atoms with Gasteiger partial charge >= 0.3 is 0 Å². The van der Waals surface area contributed by atoms with Crippen molar-refractivity contribution < 1.29 is 17.2 Å². The van der Waals surface area contributed by atoms with E-state index in [-0.39, 0.29) is 10.8 Å². The van der Waals surface area contributed by atoms with Gasteiger partial charge in [0.1, 0.15) is 22.2 Å². The number of aromatic nitrogens is 2. The second kappa shape index (κ2) is 6.00. The van der Waals surface area contributed by atoms with Gasteiger partial charge in [0.25, 0.3) is 10.0 Å². The molecule has 0 aliphatic heterocycles. The van der Waals surface area contributed by atoms with Crippen molar-refractivity contribution in [3.05, 3.63) is 42.2 Å². The van der Waals surface area contributed by atoms with Crippen LogP contribution in [-0.4, -0.2) is 24.9 Å². The normalized spacial score (nSPS) is 11.2. The summed E-state index contributed by atoms with van der Waals surface area (Å²) in [6.07, 6.45) is 2.10. The third kappa shape index (κ3) is 3.43. The largest absolute Gasteiger partial charge is 0.355 e. The van der Waals surface area contributed by atoms with Crippen molar-refractivity contribution >= 4 is 21.7 Å². The topological polar surface area (TPSA) is 84.0 Å². The van der Waals surface area contributed by atoms with Crippen molar-refractivity contribution in [2.75, 3.05) is 16.6 Å². The lowest BCUT2D eigenvalue weighted by atomic mass is 10.3. The first-order valence-corrected chi connectivity index (χ1v) is 7.45. The van der Waals surface area contributed by atoms with E-state index in [1.807, 2.05) is 11.6 Å². The molecule has 0 amide bonds. The van der Waals surface area contributed by atoms with Crippen LogP contribution in [0.1, 0.15) is 6.92 Å². The summed E-state index contributed by atoms with van der Waals surface area (Å²) in [5.41, 5.74) is -0.742. The van der Waals surface area contributed by atoms with Gasteiger partial charge in [0, 0.05) is 6.54 Å². The molecule has 0 aliphatic carbocycles. The zero-order chi connectivity index (χ0) is 15.5. The van der Waals surface area contributed by atoms with Crippen LogP contribution in [0.15, 0.2) is 35.5 Å². The van der Waals surface area contributed by atoms with Crippen molar-refractivity contribution in [2.24, 2.45) is 0 Å². The molecular formula is C12H12F2N4O2S. The van der Waals surface area contributed by atoms with Crippen LogP contribution in [0.5, 0.6) is 0 Å². The van der Waals surface area contributed by atoms with Crippen LogP contribution in [0.3, 0.4) is 0 Å². The van der Waals surface area contributed by atoms with E-state index >= 15 is 0 Å². The maximum atomic E-state index is 13.5. The van der Waals surface area contributed by atoms with Crippen molar-refractivity contribution in [1.29, 1.82) is 0 Å². The first-order valence-electron chi connectivity index (χ1n) is 5.97. The second-order valence-electron chi connectivity index (χ2n) is 3.97. The van der Waals surface area contributed by atoms with E-state index in [2.05, 4.69) is 15.3 Å². The molecule has 0 saturated carbocycles. The minimum Gasteiger partial charge on any atom is -0.355 e. The van der Waals surface area contributed by atoms with Gasteiger partial charge in [-0.05, 0) is 19.1 Å². The van der Waals surface area contributed by atoms with E-state index in [1.165, 1.54) is 0 Å². The highest BCUT2D eigenvalue weighted by molar-refractivity contribution is 7.92. The number of benzene rings is 1. The number of nitrogens with zero attached hydrogens (tertiary/aromatic N) is 2. The van der Waals surface area contributed by atoms with Gasteiger partial charge in [-0.25, -0.2) is 27.2 Å². The molecular weight excluding hydrogens is 302 g/mol. The van der Waals surface area contributed by atoms with Gasteiger partial charge < -0.3 is 5.32 Å². The molecule has 1 heterocycles. The zero-order valence-electron chi connectivity index (χ0n) is 11.0. The highest BCUT2D eigenvalue weighted by Gasteiger charge is 2.19. The lowest BCUT2D eigenvalue weighted by molar-refractivity contribution is 0.582. The summed E-state index contributed by atoms with van der Waals surface area (Å²) >= 11 is 0. The Morgan fingerprint density at radius 1 is 1.14 bits per heavy atom. The highest BCUT2D eigenvalue weighted by atomic mass is 32.2. The molecule has 0 bridgehead atoms. The summed E-state index contributed by atoms with van der Waals surface area (Å²) in [5, 5.41) is 2.80. The number of para-hydroxylation sites is 1. The van der Waals surface area contributed by atoms with E-state index in [9.17, 15) is 17.2 Å². The first kappa shape index (κ1) is 15.1. The van der Waals surface area contributed by atoms with Gasteiger partial charge in [0.05, 0.1) is 12.4 Å². The summed E-state index contributed by atoms with van der Waals surface area (Å²) < 4.78 is 52.8. The number of hydrogen-bond acceptors (Lipinski definition) is 5. The predicted molar refractivity (Wildman–Crippen MR) is 73.4 cm³/mol. The second-order valence-corrected chi connectivity index (χ2v) is 5.66. The van der Waals surface area contributed by atoms with Gasteiger partial charge in [-0.3, -0.25) is 4.72 Å². The monoisotopic (exact) mass is 314 g/mol. The summed E-state index contributed by atoms with van der Waals surface area (Å²) in [7, 11) is -4.17. The molecule has 0 fully saturated rings. The smallest absolute Gasteiger partial charge is 0.265 e. The molecule has 0 spiro atoms. The Balaban J connectivity index is 2.30. The van der Waals surface area contributed by atoms with Crippen LogP contribution in [0.4, 0.5) is 20.4 Å². The molecule has 1 aromatic carbocycles. The fraction of sp³-hybridized carbons (Fsp3) is 0.167. The highest BCUT2D eigenvalue weighted by Crippen LogP contribution is 2.21. The van der Waals surface area contributed by atoms with E-state index in [1.54, 1.807) is 0 Å². The summed E-state index contributed by atoms with van der Waals surface area (Å²) in [4.78, 5) is 7.29. The minimum atomic E-state index is -4.17. The number of hydrogen-bond donors (Lipinski definition) is 2. The lowest BCUT2D eigenvalue weighted by Gasteiger charge is -2.09. The molecule has 112 valence electrons. The molecule has 0 saturated heterocycles. The van der Waals surface area contributed by atoms with Crippen LogP contribution in [0.25, 0.3) is 0 Å². The number of rotatable bonds is 5. The van der Waals surface area contributed by atoms with Crippen molar-refractivity contribution in [1.82, 2.24) is 9.97 Å². The Morgan fingerprint density at radius 3 is 2.24 bits per heavy atom. The van der Waals surface area contributed by atoms with Crippen LogP contribution < -0.4 is 10.0 Å². The molecule has 0 radical (unpaired) electrons. The molecule has 1 aromatic heterocycles. The number of halogens is 2. The van der Waals surface area contributed by atoms with Crippen LogP contribution in [-0.2, 0) is 10.0 Å². The summed E-state index contributed by atoms with van der Waals surface area (Å²) in [6.45, 7) is 2.40. The third-order valence-corrected chi connectivity index (χ3v) is 3.78. The molecule has 6 nitrogen and oxygen atoms in total. The Hall–Kier alpha value is -2.29. The number of anilines is 2. The SMILES string of the molecule is CCNc1ncc(S(=O)(=O)Nc2c(F)cccc2F)cn1. The minimum absolute atomic E-state index is 0.258. The first-order chi connectivity index (χ1) is 9.94. The molecule has 2 rings (SSSR count). The summed E-state index contributed by atoms with van der Waals surface area (Å²) in [6, 6.07) is 3.04. The van der Waals surface area contributed by atoms with E-state index in [0.29, 0.717) is 6.54 Å². The van der Waals surface area contributed by atoms with E-state index in [4.69, 9.17) is 0 Å². The summed E-state index contributed by atoms with van der Waals surface area (Å²) in [5.74, 6) is -1.76. The molecule has 0 unspecified atom stereocenters. The van der Waals surface area contributed by atoms with E-state index in [0.717, 1.165) is 30.6 Å². The van der Waals surface area contributed by atoms with E-state index < -0.39 is 27.3 Å². The van der Waals surface area contributed by atoms with Crippen molar-refractivity contribution in [2.45, 2.75) is 11.8 Å². The fourth-order valence-corrected chi connectivity index (χ4v) is 2.46. The quantitative estimate of drug-likeness (QED) is 0.881. The molecule has 21 heavy (non-hydrogen) atoms. The molecule has 0 aliphatic rings. The van der Waals surface area contributed by atoms with Gasteiger partial charge in [0.2, 0.25) is 5.95 Å². The lowest BCUT2D eigenvalue weighted by Crippen LogP contribution is -2.16. The number of nitrogens with one attached hydrogen (secondary N) is 2. The average molecular weight is 314 g/mol. The van der Waals surface area contributed by atoms with Crippen LogP contribution in [0.2, 0.25) is 0 Å². The zero-order valence-corrected chi connectivity index (χ0v) is 11.8. The molecule has 0 atom stereocenters. The maximum absolute atomic E-state index is 13.5. The van der Waals surface area contributed by atoms with Gasteiger partial charge in [0.15, 0.2) is 0 Å². The van der Waals surface area contributed by atoms with Gasteiger partial charge in [-0.15, -0.1) is 0 Å². The Bertz CT molecular complexity index is 715. The Morgan fingerprint density at radius 2 is 1.71 bits per heavy atom. The van der Waals surface area contributed by atoms with Gasteiger partial charge in [-0.2, -0.15) is 0 Å².